The number of rotatable bonds is 4. The largest absolute Gasteiger partial charge is 0.454 e. The number of pyridine rings is 1. The summed E-state index contributed by atoms with van der Waals surface area (Å²) in [6.07, 6.45) is 0. The molecular weight excluding hydrogens is 326 g/mol. The van der Waals surface area contributed by atoms with Gasteiger partial charge in [-0.15, -0.1) is 0 Å². The Morgan fingerprint density at radius 2 is 1.88 bits per heavy atom. The summed E-state index contributed by atoms with van der Waals surface area (Å²) in [7, 11) is 0. The highest BCUT2D eigenvalue weighted by Crippen LogP contribution is 2.25. The number of anilines is 2. The monoisotopic (exact) mass is 343 g/mol. The van der Waals surface area contributed by atoms with Crippen LogP contribution in [0, 0.1) is 6.92 Å². The summed E-state index contributed by atoms with van der Waals surface area (Å²) in [5.74, 6) is -0.388. The molecule has 0 fully saturated rings. The first-order valence-electron chi connectivity index (χ1n) is 7.55. The van der Waals surface area contributed by atoms with Crippen LogP contribution in [0.2, 0.25) is 0 Å². The molecule has 10 heteroatoms. The molecule has 3 aromatic rings. The lowest BCUT2D eigenvalue weighted by molar-refractivity contribution is 0.0464. The van der Waals surface area contributed by atoms with Gasteiger partial charge in [-0.2, -0.15) is 15.0 Å². The highest BCUT2D eigenvalue weighted by molar-refractivity contribution is 6.03. The van der Waals surface area contributed by atoms with E-state index in [2.05, 4.69) is 25.1 Å². The minimum absolute atomic E-state index is 0.0400. The minimum atomic E-state index is -0.571. The van der Waals surface area contributed by atoms with E-state index in [-0.39, 0.29) is 30.2 Å². The molecule has 0 atom stereocenters. The van der Waals surface area contributed by atoms with Gasteiger partial charge in [0, 0.05) is 5.69 Å². The molecule has 0 aromatic carbocycles. The standard InChI is InChI=1S/C15H17N7O3/c1-6(2)9-4-8(11-7(3)22-25-12(11)18-9)13(23)24-5-10-19-14(16)21-15(17)20-10/h4,6H,5H2,1-3H3,(H4,16,17,19,20,21). The van der Waals surface area contributed by atoms with Crippen molar-refractivity contribution in [1.82, 2.24) is 25.1 Å². The van der Waals surface area contributed by atoms with E-state index in [0.717, 1.165) is 0 Å². The van der Waals surface area contributed by atoms with E-state index in [1.807, 2.05) is 13.8 Å². The Hall–Kier alpha value is -3.30. The van der Waals surface area contributed by atoms with Crippen LogP contribution in [0.3, 0.4) is 0 Å². The molecule has 0 saturated heterocycles. The number of aromatic nitrogens is 5. The molecule has 0 aliphatic carbocycles. The Morgan fingerprint density at radius 3 is 2.52 bits per heavy atom. The van der Waals surface area contributed by atoms with Crippen molar-refractivity contribution >= 4 is 29.0 Å². The van der Waals surface area contributed by atoms with E-state index in [9.17, 15) is 4.79 Å². The SMILES string of the molecule is Cc1noc2nc(C(C)C)cc(C(=O)OCc3nc(N)nc(N)n3)c12. The first kappa shape index (κ1) is 16.6. The van der Waals surface area contributed by atoms with Gasteiger partial charge in [-0.1, -0.05) is 19.0 Å². The van der Waals surface area contributed by atoms with Crippen LogP contribution < -0.4 is 11.5 Å². The first-order valence-corrected chi connectivity index (χ1v) is 7.55. The molecule has 0 spiro atoms. The third-order valence-corrected chi connectivity index (χ3v) is 3.50. The number of carbonyl (C=O) groups is 1. The third kappa shape index (κ3) is 3.32. The molecule has 3 rings (SSSR count). The number of ether oxygens (including phenoxy) is 1. The molecule has 0 aliphatic heterocycles. The summed E-state index contributed by atoms with van der Waals surface area (Å²) < 4.78 is 10.5. The van der Waals surface area contributed by atoms with E-state index in [4.69, 9.17) is 20.7 Å². The Labute approximate surface area is 142 Å². The van der Waals surface area contributed by atoms with E-state index in [1.54, 1.807) is 13.0 Å². The average Bonchev–Trinajstić information content (AvgIpc) is 2.92. The molecule has 0 amide bonds. The van der Waals surface area contributed by atoms with Crippen molar-refractivity contribution in [1.29, 1.82) is 0 Å². The van der Waals surface area contributed by atoms with Gasteiger partial charge in [0.2, 0.25) is 11.9 Å². The molecule has 0 saturated carbocycles. The van der Waals surface area contributed by atoms with E-state index < -0.39 is 5.97 Å². The van der Waals surface area contributed by atoms with E-state index >= 15 is 0 Å². The van der Waals surface area contributed by atoms with Crippen LogP contribution in [0.15, 0.2) is 10.6 Å². The molecule has 0 bridgehead atoms. The second-order valence-electron chi connectivity index (χ2n) is 5.74. The fraction of sp³-hybridized carbons (Fsp3) is 0.333. The molecule has 0 unspecified atom stereocenters. The van der Waals surface area contributed by atoms with Gasteiger partial charge in [-0.25, -0.2) is 9.78 Å². The highest BCUT2D eigenvalue weighted by Gasteiger charge is 2.21. The molecule has 10 nitrogen and oxygen atoms in total. The third-order valence-electron chi connectivity index (χ3n) is 3.50. The molecule has 130 valence electrons. The summed E-state index contributed by atoms with van der Waals surface area (Å²) >= 11 is 0. The van der Waals surface area contributed by atoms with Crippen LogP contribution in [0.4, 0.5) is 11.9 Å². The predicted molar refractivity (Wildman–Crippen MR) is 88.4 cm³/mol. The summed E-state index contributed by atoms with van der Waals surface area (Å²) in [4.78, 5) is 28.4. The normalized spacial score (nSPS) is 11.2. The second kappa shape index (κ2) is 6.30. The minimum Gasteiger partial charge on any atom is -0.454 e. The van der Waals surface area contributed by atoms with E-state index in [1.165, 1.54) is 0 Å². The number of nitrogens with zero attached hydrogens (tertiary/aromatic N) is 5. The van der Waals surface area contributed by atoms with Crippen molar-refractivity contribution in [3.05, 3.63) is 28.8 Å². The van der Waals surface area contributed by atoms with Gasteiger partial charge in [0.25, 0.3) is 5.71 Å². The molecule has 0 radical (unpaired) electrons. The maximum absolute atomic E-state index is 12.6. The maximum atomic E-state index is 12.6. The fourth-order valence-electron chi connectivity index (χ4n) is 2.30. The first-order chi connectivity index (χ1) is 11.8. The van der Waals surface area contributed by atoms with Gasteiger partial charge in [0.1, 0.15) is 0 Å². The maximum Gasteiger partial charge on any atom is 0.339 e. The lowest BCUT2D eigenvalue weighted by Crippen LogP contribution is -2.12. The Morgan fingerprint density at radius 1 is 1.20 bits per heavy atom. The fourth-order valence-corrected chi connectivity index (χ4v) is 2.30. The molecular formula is C15H17N7O3. The number of hydrogen-bond acceptors (Lipinski definition) is 10. The van der Waals surface area contributed by atoms with Gasteiger partial charge in [-0.3, -0.25) is 0 Å². The number of esters is 1. The number of nitrogens with two attached hydrogens (primary N) is 2. The molecule has 25 heavy (non-hydrogen) atoms. The molecule has 4 N–H and O–H groups in total. The van der Waals surface area contributed by atoms with Crippen molar-refractivity contribution in [2.45, 2.75) is 33.3 Å². The van der Waals surface area contributed by atoms with Crippen LogP contribution in [-0.2, 0) is 11.3 Å². The zero-order chi connectivity index (χ0) is 18.1. The quantitative estimate of drug-likeness (QED) is 0.663. The Bertz CT molecular complexity index is 931. The van der Waals surface area contributed by atoms with Crippen LogP contribution in [0.5, 0.6) is 0 Å². The summed E-state index contributed by atoms with van der Waals surface area (Å²) in [6, 6.07) is 1.68. The molecule has 0 aliphatic rings. The average molecular weight is 343 g/mol. The number of carbonyl (C=O) groups excluding carboxylic acids is 1. The van der Waals surface area contributed by atoms with Crippen molar-refractivity contribution in [3.8, 4) is 0 Å². The van der Waals surface area contributed by atoms with E-state index in [0.29, 0.717) is 28.1 Å². The van der Waals surface area contributed by atoms with Crippen molar-refractivity contribution in [2.24, 2.45) is 0 Å². The number of nitrogen functional groups attached to an aromatic ring is 2. The topological polar surface area (TPSA) is 156 Å². The van der Waals surface area contributed by atoms with Crippen LogP contribution in [-0.4, -0.2) is 31.1 Å². The summed E-state index contributed by atoms with van der Waals surface area (Å²) in [5, 5.41) is 4.39. The lowest BCUT2D eigenvalue weighted by Gasteiger charge is -2.09. The molecule has 3 aromatic heterocycles. The van der Waals surface area contributed by atoms with Crippen LogP contribution in [0.1, 0.15) is 47.3 Å². The molecule has 3 heterocycles. The zero-order valence-corrected chi connectivity index (χ0v) is 14.0. The number of hydrogen-bond donors (Lipinski definition) is 2. The predicted octanol–water partition coefficient (Wildman–Crippen LogP) is 1.36. The lowest BCUT2D eigenvalue weighted by atomic mass is 10.0. The summed E-state index contributed by atoms with van der Waals surface area (Å²) in [6.45, 7) is 5.46. The zero-order valence-electron chi connectivity index (χ0n) is 14.0. The Balaban J connectivity index is 1.92. The van der Waals surface area contributed by atoms with Crippen molar-refractivity contribution < 1.29 is 14.1 Å². The smallest absolute Gasteiger partial charge is 0.339 e. The van der Waals surface area contributed by atoms with Gasteiger partial charge >= 0.3 is 5.97 Å². The van der Waals surface area contributed by atoms with Crippen LogP contribution in [0.25, 0.3) is 11.1 Å². The Kier molecular flexibility index (Phi) is 4.17. The van der Waals surface area contributed by atoms with Crippen LogP contribution >= 0.6 is 0 Å². The van der Waals surface area contributed by atoms with Gasteiger partial charge in [0.15, 0.2) is 12.4 Å². The summed E-state index contributed by atoms with van der Waals surface area (Å²) in [5.41, 5.74) is 12.9. The van der Waals surface area contributed by atoms with Crippen molar-refractivity contribution in [3.63, 3.8) is 0 Å². The second-order valence-corrected chi connectivity index (χ2v) is 5.74. The number of aryl methyl sites for hydroxylation is 1. The number of fused-ring (bicyclic) bond motifs is 1. The van der Waals surface area contributed by atoms with Gasteiger partial charge in [0.05, 0.1) is 16.6 Å². The highest BCUT2D eigenvalue weighted by atomic mass is 16.5. The van der Waals surface area contributed by atoms with Gasteiger partial charge in [-0.05, 0) is 18.9 Å². The van der Waals surface area contributed by atoms with Gasteiger partial charge < -0.3 is 20.7 Å². The van der Waals surface area contributed by atoms with Crippen molar-refractivity contribution in [2.75, 3.05) is 11.5 Å².